The van der Waals surface area contributed by atoms with Crippen LogP contribution in [0.15, 0.2) is 156 Å². The van der Waals surface area contributed by atoms with Gasteiger partial charge in [-0.3, -0.25) is 9.98 Å². The van der Waals surface area contributed by atoms with E-state index in [0.29, 0.717) is 0 Å². The Labute approximate surface area is 360 Å². The van der Waals surface area contributed by atoms with E-state index in [9.17, 15) is 0 Å². The van der Waals surface area contributed by atoms with Gasteiger partial charge in [-0.15, -0.1) is 0 Å². The number of rotatable bonds is 6. The minimum Gasteiger partial charge on any atom is -0.307 e. The first-order valence-corrected chi connectivity index (χ1v) is 21.6. The van der Waals surface area contributed by atoms with Crippen molar-refractivity contribution in [3.63, 3.8) is 0 Å². The van der Waals surface area contributed by atoms with Gasteiger partial charge in [0.1, 0.15) is 23.3 Å². The molecule has 0 spiro atoms. The smallest absolute Gasteiger partial charge is 0.134 e. The Morgan fingerprint density at radius 1 is 0.426 bits per heavy atom. The highest BCUT2D eigenvalue weighted by Gasteiger charge is 2.51. The molecule has 0 N–H and O–H groups in total. The Bertz CT molecular complexity index is 2880. The summed E-state index contributed by atoms with van der Waals surface area (Å²) >= 11 is 0. The largest absolute Gasteiger partial charge is 0.307 e. The predicted octanol–water partition coefficient (Wildman–Crippen LogP) is 12.9. The molecule has 5 aromatic carbocycles. The van der Waals surface area contributed by atoms with Gasteiger partial charge in [-0.1, -0.05) is 97.1 Å². The van der Waals surface area contributed by atoms with Crippen molar-refractivity contribution in [2.75, 3.05) is 9.80 Å². The number of amidine groups is 2. The lowest BCUT2D eigenvalue weighted by molar-refractivity contribution is 0.337. The quantitative estimate of drug-likeness (QED) is 0.168. The number of hydrogen-bond donors (Lipinski definition) is 0. The average molecular weight is 799 g/mol. The van der Waals surface area contributed by atoms with E-state index in [0.717, 1.165) is 45.6 Å². The third-order valence-corrected chi connectivity index (χ3v) is 14.8. The van der Waals surface area contributed by atoms with Crippen molar-refractivity contribution in [1.29, 1.82) is 0 Å². The SMILES string of the molecule is CC1=NC(C)(C)C(C)(C)N1c1ccc(-c2ccc3c(c2)C(c2ccccc2)(c2ccccc2)c2cc(-c4ccc(N5C(C)=NC(C)(C)C5(C)C)nc4)c4ccccc4c2-3)cn1. The summed E-state index contributed by atoms with van der Waals surface area (Å²) in [5, 5.41) is 2.43. The summed E-state index contributed by atoms with van der Waals surface area (Å²) < 4.78 is 0. The summed E-state index contributed by atoms with van der Waals surface area (Å²) in [6.07, 6.45) is 4.08. The lowest BCUT2D eigenvalue weighted by Crippen LogP contribution is -2.53. The summed E-state index contributed by atoms with van der Waals surface area (Å²) in [5.41, 5.74) is 10.4. The van der Waals surface area contributed by atoms with Crippen LogP contribution in [0.2, 0.25) is 0 Å². The van der Waals surface area contributed by atoms with E-state index in [1.54, 1.807) is 0 Å². The number of anilines is 2. The molecule has 4 heterocycles. The van der Waals surface area contributed by atoms with Crippen LogP contribution in [0, 0.1) is 0 Å². The lowest BCUT2D eigenvalue weighted by Gasteiger charge is -2.40. The van der Waals surface area contributed by atoms with Crippen molar-refractivity contribution in [3.8, 4) is 33.4 Å². The van der Waals surface area contributed by atoms with E-state index >= 15 is 0 Å². The summed E-state index contributed by atoms with van der Waals surface area (Å²) in [6.45, 7) is 22.0. The van der Waals surface area contributed by atoms with E-state index in [2.05, 4.69) is 219 Å². The first-order valence-electron chi connectivity index (χ1n) is 21.6. The maximum atomic E-state index is 5.17. The fourth-order valence-electron chi connectivity index (χ4n) is 10.6. The Hall–Kier alpha value is -6.40. The molecule has 0 saturated carbocycles. The Morgan fingerprint density at radius 3 is 1.38 bits per heavy atom. The first-order chi connectivity index (χ1) is 29.1. The summed E-state index contributed by atoms with van der Waals surface area (Å²) in [4.78, 5) is 24.9. The van der Waals surface area contributed by atoms with Crippen LogP contribution in [0.1, 0.15) is 91.5 Å². The normalized spacial score (nSPS) is 18.8. The maximum absolute atomic E-state index is 5.17. The molecule has 6 heteroatoms. The molecule has 10 rings (SSSR count). The summed E-state index contributed by atoms with van der Waals surface area (Å²) in [5.74, 6) is 3.80. The van der Waals surface area contributed by atoms with E-state index in [1.165, 1.54) is 44.2 Å². The molecule has 0 atom stereocenters. The van der Waals surface area contributed by atoms with Crippen molar-refractivity contribution in [1.82, 2.24) is 9.97 Å². The van der Waals surface area contributed by atoms with Gasteiger partial charge in [-0.25, -0.2) is 9.97 Å². The minimum absolute atomic E-state index is 0.217. The molecule has 304 valence electrons. The highest BCUT2D eigenvalue weighted by molar-refractivity contribution is 6.10. The second-order valence-electron chi connectivity index (χ2n) is 19.2. The molecule has 0 radical (unpaired) electrons. The van der Waals surface area contributed by atoms with E-state index in [1.807, 2.05) is 6.20 Å². The minimum atomic E-state index is -0.611. The van der Waals surface area contributed by atoms with Crippen LogP contribution >= 0.6 is 0 Å². The molecule has 2 aromatic heterocycles. The number of pyridine rings is 2. The van der Waals surface area contributed by atoms with Crippen molar-refractivity contribution in [2.24, 2.45) is 9.98 Å². The van der Waals surface area contributed by atoms with Crippen molar-refractivity contribution in [2.45, 2.75) is 96.8 Å². The number of hydrogen-bond acceptors (Lipinski definition) is 6. The lowest BCUT2D eigenvalue weighted by atomic mass is 9.67. The zero-order valence-corrected chi connectivity index (χ0v) is 37.0. The van der Waals surface area contributed by atoms with Crippen LogP contribution in [0.3, 0.4) is 0 Å². The van der Waals surface area contributed by atoms with Crippen LogP contribution < -0.4 is 9.80 Å². The molecule has 0 unspecified atom stereocenters. The fraction of sp³-hybridized carbons (Fsp3) is 0.273. The van der Waals surface area contributed by atoms with Gasteiger partial charge in [0.25, 0.3) is 0 Å². The van der Waals surface area contributed by atoms with Gasteiger partial charge in [0.05, 0.1) is 27.6 Å². The molecule has 0 amide bonds. The third-order valence-electron chi connectivity index (χ3n) is 14.8. The molecule has 0 fully saturated rings. The topological polar surface area (TPSA) is 57.0 Å². The molecule has 6 nitrogen and oxygen atoms in total. The fourth-order valence-corrected chi connectivity index (χ4v) is 10.6. The van der Waals surface area contributed by atoms with Gasteiger partial charge in [-0.05, 0) is 161 Å². The van der Waals surface area contributed by atoms with Gasteiger partial charge in [0.2, 0.25) is 0 Å². The van der Waals surface area contributed by atoms with Crippen LogP contribution in [0.5, 0.6) is 0 Å². The second kappa shape index (κ2) is 13.3. The van der Waals surface area contributed by atoms with Crippen molar-refractivity contribution < 1.29 is 0 Å². The zero-order chi connectivity index (χ0) is 42.7. The average Bonchev–Trinajstić information content (AvgIpc) is 3.70. The van der Waals surface area contributed by atoms with E-state index < -0.39 is 5.41 Å². The third kappa shape index (κ3) is 5.46. The van der Waals surface area contributed by atoms with Gasteiger partial charge in [0.15, 0.2) is 0 Å². The number of aliphatic imine (C=N–C) groups is 2. The predicted molar refractivity (Wildman–Crippen MR) is 255 cm³/mol. The van der Waals surface area contributed by atoms with Crippen LogP contribution in [0.4, 0.5) is 11.6 Å². The Balaban J connectivity index is 1.17. The monoisotopic (exact) mass is 798 g/mol. The zero-order valence-electron chi connectivity index (χ0n) is 37.0. The van der Waals surface area contributed by atoms with E-state index in [4.69, 9.17) is 20.0 Å². The van der Waals surface area contributed by atoms with Crippen LogP contribution in [0.25, 0.3) is 44.2 Å². The Morgan fingerprint density at radius 2 is 0.902 bits per heavy atom. The van der Waals surface area contributed by atoms with Crippen molar-refractivity contribution in [3.05, 3.63) is 168 Å². The Kier molecular flexibility index (Phi) is 8.45. The van der Waals surface area contributed by atoms with Gasteiger partial charge in [-0.2, -0.15) is 0 Å². The van der Waals surface area contributed by atoms with Crippen LogP contribution in [-0.4, -0.2) is 43.8 Å². The number of benzene rings is 5. The van der Waals surface area contributed by atoms with Gasteiger partial charge < -0.3 is 9.80 Å². The molecule has 61 heavy (non-hydrogen) atoms. The maximum Gasteiger partial charge on any atom is 0.134 e. The summed E-state index contributed by atoms with van der Waals surface area (Å²) in [6, 6.07) is 49.3. The van der Waals surface area contributed by atoms with Gasteiger partial charge in [0, 0.05) is 23.5 Å². The molecular formula is C55H54N6. The highest BCUT2D eigenvalue weighted by Crippen LogP contribution is 2.59. The summed E-state index contributed by atoms with van der Waals surface area (Å²) in [7, 11) is 0. The second-order valence-corrected chi connectivity index (χ2v) is 19.2. The molecule has 3 aliphatic rings. The molecule has 7 aromatic rings. The van der Waals surface area contributed by atoms with E-state index in [-0.39, 0.29) is 22.2 Å². The molecule has 2 aliphatic heterocycles. The molecular weight excluding hydrogens is 745 g/mol. The molecule has 0 bridgehead atoms. The van der Waals surface area contributed by atoms with Crippen molar-refractivity contribution >= 4 is 34.1 Å². The number of nitrogens with zero attached hydrogens (tertiary/aromatic N) is 6. The molecule has 0 saturated heterocycles. The number of aromatic nitrogens is 2. The van der Waals surface area contributed by atoms with Crippen LogP contribution in [-0.2, 0) is 5.41 Å². The standard InChI is InChI=1S/C55H54N6/c1-35-58-51(3,4)53(7,8)60(35)48-29-26-38(33-56-48)37-25-28-44-46(31-37)55(40-19-13-11-14-20-40,41-21-15-12-16-22-41)47-32-45(42-23-17-18-24-43(42)50(44)47)39-27-30-49(57-34-39)61-36(2)59-52(5,6)54(61,9)10/h11-34H,1-10H3. The van der Waals surface area contributed by atoms with Gasteiger partial charge >= 0.3 is 0 Å². The molecule has 1 aliphatic carbocycles. The first kappa shape index (κ1) is 38.8. The highest BCUT2D eigenvalue weighted by atomic mass is 15.4. The number of fused-ring (bicyclic) bond motifs is 5.